The van der Waals surface area contributed by atoms with Gasteiger partial charge < -0.3 is 14.2 Å². The van der Waals surface area contributed by atoms with Crippen molar-refractivity contribution in [3.05, 3.63) is 17.7 Å². The third-order valence-electron chi connectivity index (χ3n) is 2.67. The van der Waals surface area contributed by atoms with Crippen LogP contribution < -0.4 is 19.5 Å². The van der Waals surface area contributed by atoms with Crippen molar-refractivity contribution in [3.8, 4) is 23.3 Å². The molecular weight excluding hydrogens is 244 g/mol. The van der Waals surface area contributed by atoms with Crippen LogP contribution in [0.5, 0.6) is 17.2 Å². The van der Waals surface area contributed by atoms with Gasteiger partial charge in [-0.25, -0.2) is 0 Å². The largest absolute Gasteiger partial charge is 0.496 e. The summed E-state index contributed by atoms with van der Waals surface area (Å²) in [6, 6.07) is 5.37. The number of hydrogen-bond acceptors (Lipinski definition) is 5. The Hall–Kier alpha value is -1.93. The maximum atomic E-state index is 9.34. The number of nitriles is 1. The molecule has 1 atom stereocenters. The zero-order valence-corrected chi connectivity index (χ0v) is 12.0. The monoisotopic (exact) mass is 264 g/mol. The number of benzene rings is 1. The molecule has 19 heavy (non-hydrogen) atoms. The van der Waals surface area contributed by atoms with Crippen LogP contribution in [0, 0.1) is 11.3 Å². The number of hydrogen-bond donors (Lipinski definition) is 1. The molecule has 1 aromatic carbocycles. The minimum Gasteiger partial charge on any atom is -0.496 e. The second-order valence-electron chi connectivity index (χ2n) is 4.33. The van der Waals surface area contributed by atoms with Gasteiger partial charge in [0, 0.05) is 18.2 Å². The summed E-state index contributed by atoms with van der Waals surface area (Å²) in [5.74, 6) is 1.76. The van der Waals surface area contributed by atoms with Crippen molar-refractivity contribution in [2.45, 2.75) is 25.9 Å². The number of nitrogens with one attached hydrogen (secondary N) is 1. The molecule has 1 aromatic rings. The van der Waals surface area contributed by atoms with Crippen molar-refractivity contribution in [2.75, 3.05) is 21.3 Å². The summed E-state index contributed by atoms with van der Waals surface area (Å²) in [4.78, 5) is 0. The van der Waals surface area contributed by atoms with Crippen LogP contribution in [0.3, 0.4) is 0 Å². The van der Waals surface area contributed by atoms with Crippen LogP contribution in [0.2, 0.25) is 0 Å². The molecule has 0 fully saturated rings. The van der Waals surface area contributed by atoms with Gasteiger partial charge in [0.15, 0.2) is 0 Å². The first-order valence-corrected chi connectivity index (χ1v) is 6.02. The third-order valence-corrected chi connectivity index (χ3v) is 2.67. The second-order valence-corrected chi connectivity index (χ2v) is 4.33. The molecule has 1 unspecified atom stereocenters. The summed E-state index contributed by atoms with van der Waals surface area (Å²) in [5.41, 5.74) is 0.682. The maximum Gasteiger partial charge on any atom is 0.132 e. The molecule has 0 heterocycles. The van der Waals surface area contributed by atoms with Gasteiger partial charge in [-0.3, -0.25) is 5.32 Å². The molecule has 0 aliphatic heterocycles. The highest BCUT2D eigenvalue weighted by atomic mass is 16.5. The molecule has 0 aliphatic rings. The highest BCUT2D eigenvalue weighted by Gasteiger charge is 2.22. The highest BCUT2D eigenvalue weighted by Crippen LogP contribution is 2.38. The molecule has 0 saturated heterocycles. The highest BCUT2D eigenvalue weighted by molar-refractivity contribution is 5.53. The van der Waals surface area contributed by atoms with Gasteiger partial charge >= 0.3 is 0 Å². The molecular formula is C14H20N2O3. The van der Waals surface area contributed by atoms with Gasteiger partial charge in [-0.2, -0.15) is 5.26 Å². The zero-order valence-electron chi connectivity index (χ0n) is 12.0. The van der Waals surface area contributed by atoms with Crippen LogP contribution >= 0.6 is 0 Å². The Bertz CT molecular complexity index is 441. The zero-order chi connectivity index (χ0) is 14.4. The average molecular weight is 264 g/mol. The topological polar surface area (TPSA) is 63.5 Å². The molecule has 0 radical (unpaired) electrons. The minimum absolute atomic E-state index is 0.168. The Morgan fingerprint density at radius 3 is 1.89 bits per heavy atom. The summed E-state index contributed by atoms with van der Waals surface area (Å²) in [5, 5.41) is 12.5. The third kappa shape index (κ3) is 3.52. The fraction of sp³-hybridized carbons (Fsp3) is 0.500. The SMILES string of the molecule is COc1cc(OC)c(C(C#N)NC(C)C)c(OC)c1. The second kappa shape index (κ2) is 6.86. The van der Waals surface area contributed by atoms with Crippen molar-refractivity contribution >= 4 is 0 Å². The van der Waals surface area contributed by atoms with Gasteiger partial charge in [0.2, 0.25) is 0 Å². The van der Waals surface area contributed by atoms with Gasteiger partial charge in [0.25, 0.3) is 0 Å². The fourth-order valence-electron chi connectivity index (χ4n) is 1.84. The van der Waals surface area contributed by atoms with Crippen LogP contribution in [0.15, 0.2) is 12.1 Å². The molecule has 0 aliphatic carbocycles. The Labute approximate surface area is 114 Å². The first kappa shape index (κ1) is 15.1. The molecule has 1 rings (SSSR count). The predicted molar refractivity (Wildman–Crippen MR) is 72.7 cm³/mol. The molecule has 0 bridgehead atoms. The fourth-order valence-corrected chi connectivity index (χ4v) is 1.84. The van der Waals surface area contributed by atoms with Crippen molar-refractivity contribution in [1.29, 1.82) is 5.26 Å². The van der Waals surface area contributed by atoms with E-state index in [9.17, 15) is 5.26 Å². The van der Waals surface area contributed by atoms with E-state index in [0.29, 0.717) is 22.8 Å². The van der Waals surface area contributed by atoms with E-state index in [1.54, 1.807) is 33.5 Å². The molecule has 0 amide bonds. The molecule has 0 spiro atoms. The minimum atomic E-state index is -0.504. The standard InChI is InChI=1S/C14H20N2O3/c1-9(2)16-11(8-15)14-12(18-4)6-10(17-3)7-13(14)19-5/h6-7,9,11,16H,1-5H3. The van der Waals surface area contributed by atoms with Crippen molar-refractivity contribution in [2.24, 2.45) is 0 Å². The van der Waals surface area contributed by atoms with E-state index in [-0.39, 0.29) is 6.04 Å². The van der Waals surface area contributed by atoms with Crippen molar-refractivity contribution in [3.63, 3.8) is 0 Å². The predicted octanol–water partition coefficient (Wildman–Crippen LogP) is 2.28. The normalized spacial score (nSPS) is 11.8. The van der Waals surface area contributed by atoms with Gasteiger partial charge in [0.1, 0.15) is 23.3 Å². The van der Waals surface area contributed by atoms with E-state index in [0.717, 1.165) is 0 Å². The molecule has 0 aromatic heterocycles. The quantitative estimate of drug-likeness (QED) is 0.854. The number of rotatable bonds is 6. The molecule has 5 nitrogen and oxygen atoms in total. The smallest absolute Gasteiger partial charge is 0.132 e. The first-order valence-electron chi connectivity index (χ1n) is 6.02. The lowest BCUT2D eigenvalue weighted by molar-refractivity contribution is 0.362. The van der Waals surface area contributed by atoms with Crippen LogP contribution in [-0.4, -0.2) is 27.4 Å². The summed E-state index contributed by atoms with van der Waals surface area (Å²) < 4.78 is 15.9. The van der Waals surface area contributed by atoms with Crippen LogP contribution in [0.25, 0.3) is 0 Å². The lowest BCUT2D eigenvalue weighted by atomic mass is 10.0. The van der Waals surface area contributed by atoms with Gasteiger partial charge in [-0.15, -0.1) is 0 Å². The van der Waals surface area contributed by atoms with Gasteiger partial charge in [0.05, 0.1) is 33.0 Å². The maximum absolute atomic E-state index is 9.34. The van der Waals surface area contributed by atoms with E-state index in [4.69, 9.17) is 14.2 Å². The van der Waals surface area contributed by atoms with Gasteiger partial charge in [-0.05, 0) is 13.8 Å². The van der Waals surface area contributed by atoms with Crippen molar-refractivity contribution in [1.82, 2.24) is 5.32 Å². The number of methoxy groups -OCH3 is 3. The molecule has 1 N–H and O–H groups in total. The Morgan fingerprint density at radius 1 is 1.05 bits per heavy atom. The molecule has 104 valence electrons. The van der Waals surface area contributed by atoms with E-state index in [1.165, 1.54) is 0 Å². The average Bonchev–Trinajstić information content (AvgIpc) is 2.42. The number of ether oxygens (including phenoxy) is 3. The van der Waals surface area contributed by atoms with Crippen molar-refractivity contribution < 1.29 is 14.2 Å². The van der Waals surface area contributed by atoms with E-state index in [1.807, 2.05) is 13.8 Å². The number of nitrogens with zero attached hydrogens (tertiary/aromatic N) is 1. The summed E-state index contributed by atoms with van der Waals surface area (Å²) in [6.45, 7) is 3.96. The van der Waals surface area contributed by atoms with Crippen LogP contribution in [0.4, 0.5) is 0 Å². The first-order chi connectivity index (χ1) is 9.07. The summed E-state index contributed by atoms with van der Waals surface area (Å²) in [7, 11) is 4.69. The molecule has 0 saturated carbocycles. The van der Waals surface area contributed by atoms with E-state index < -0.39 is 6.04 Å². The van der Waals surface area contributed by atoms with E-state index >= 15 is 0 Å². The summed E-state index contributed by atoms with van der Waals surface area (Å²) >= 11 is 0. The van der Waals surface area contributed by atoms with Crippen LogP contribution in [0.1, 0.15) is 25.5 Å². The lowest BCUT2D eigenvalue weighted by Gasteiger charge is -2.20. The Morgan fingerprint density at radius 2 is 1.58 bits per heavy atom. The van der Waals surface area contributed by atoms with E-state index in [2.05, 4.69) is 11.4 Å². The van der Waals surface area contributed by atoms with Crippen LogP contribution in [-0.2, 0) is 0 Å². The lowest BCUT2D eigenvalue weighted by Crippen LogP contribution is -2.27. The molecule has 5 heteroatoms. The Balaban J connectivity index is 3.34. The Kier molecular flexibility index (Phi) is 5.46. The van der Waals surface area contributed by atoms with Gasteiger partial charge in [-0.1, -0.05) is 0 Å². The summed E-state index contributed by atoms with van der Waals surface area (Å²) in [6.07, 6.45) is 0.